The number of aryl methyl sites for hydroxylation is 1. The maximum atomic E-state index is 12.1. The number of aromatic nitrogens is 2. The zero-order valence-electron chi connectivity index (χ0n) is 10.0. The molecule has 0 amide bonds. The van der Waals surface area contributed by atoms with E-state index in [9.17, 15) is 8.42 Å². The van der Waals surface area contributed by atoms with Crippen molar-refractivity contribution in [1.29, 1.82) is 0 Å². The summed E-state index contributed by atoms with van der Waals surface area (Å²) in [4.78, 5) is 0.219. The third-order valence-corrected chi connectivity index (χ3v) is 4.06. The first-order valence-electron chi connectivity index (χ1n) is 5.33. The SMILES string of the molecule is Cc1ccc(S(=O)(=O)Nc2[nH]ncc2C(N)=S)cc1. The van der Waals surface area contributed by atoms with E-state index < -0.39 is 10.0 Å². The molecular weight excluding hydrogens is 284 g/mol. The van der Waals surface area contributed by atoms with E-state index in [1.54, 1.807) is 12.1 Å². The second-order valence-corrected chi connectivity index (χ2v) is 6.06. The zero-order chi connectivity index (χ0) is 14.0. The van der Waals surface area contributed by atoms with Gasteiger partial charge in [0.05, 0.1) is 16.7 Å². The number of aromatic amines is 1. The van der Waals surface area contributed by atoms with E-state index >= 15 is 0 Å². The minimum absolute atomic E-state index is 0.0651. The van der Waals surface area contributed by atoms with Crippen molar-refractivity contribution in [3.63, 3.8) is 0 Å². The predicted molar refractivity (Wildman–Crippen MR) is 76.5 cm³/mol. The van der Waals surface area contributed by atoms with Crippen LogP contribution < -0.4 is 10.5 Å². The van der Waals surface area contributed by atoms with Gasteiger partial charge < -0.3 is 5.73 Å². The molecule has 1 heterocycles. The fraction of sp³-hybridized carbons (Fsp3) is 0.0909. The quantitative estimate of drug-likeness (QED) is 0.735. The molecule has 19 heavy (non-hydrogen) atoms. The number of hydrogen-bond acceptors (Lipinski definition) is 4. The van der Waals surface area contributed by atoms with Crippen LogP contribution in [-0.4, -0.2) is 23.6 Å². The molecule has 0 aliphatic carbocycles. The van der Waals surface area contributed by atoms with Gasteiger partial charge in [-0.2, -0.15) is 5.10 Å². The number of sulfonamides is 1. The molecule has 0 saturated heterocycles. The van der Waals surface area contributed by atoms with E-state index in [2.05, 4.69) is 14.9 Å². The van der Waals surface area contributed by atoms with E-state index in [0.29, 0.717) is 5.56 Å². The summed E-state index contributed by atoms with van der Waals surface area (Å²) in [5.74, 6) is 0.160. The van der Waals surface area contributed by atoms with E-state index in [1.165, 1.54) is 18.3 Å². The summed E-state index contributed by atoms with van der Waals surface area (Å²) in [6.45, 7) is 1.88. The molecule has 1 aromatic carbocycles. The Labute approximate surface area is 116 Å². The third-order valence-electron chi connectivity index (χ3n) is 2.47. The first kappa shape index (κ1) is 13.5. The van der Waals surface area contributed by atoms with E-state index in [4.69, 9.17) is 18.0 Å². The molecule has 6 nitrogen and oxygen atoms in total. The molecule has 0 atom stereocenters. The van der Waals surface area contributed by atoms with Crippen LogP contribution >= 0.6 is 12.2 Å². The highest BCUT2D eigenvalue weighted by Gasteiger charge is 2.17. The molecular formula is C11H12N4O2S2. The van der Waals surface area contributed by atoms with Crippen LogP contribution in [-0.2, 0) is 10.0 Å². The molecule has 1 aromatic heterocycles. The van der Waals surface area contributed by atoms with Crippen LogP contribution in [0.3, 0.4) is 0 Å². The minimum Gasteiger partial charge on any atom is -0.389 e. The van der Waals surface area contributed by atoms with Crippen LogP contribution in [0.1, 0.15) is 11.1 Å². The van der Waals surface area contributed by atoms with Crippen LogP contribution in [0.15, 0.2) is 35.4 Å². The topological polar surface area (TPSA) is 101 Å². The second-order valence-electron chi connectivity index (χ2n) is 3.94. The van der Waals surface area contributed by atoms with Crippen LogP contribution in [0.5, 0.6) is 0 Å². The van der Waals surface area contributed by atoms with Crippen LogP contribution in [0.2, 0.25) is 0 Å². The van der Waals surface area contributed by atoms with Gasteiger partial charge in [0.1, 0.15) is 10.8 Å². The Morgan fingerprint density at radius 2 is 2.00 bits per heavy atom. The molecule has 100 valence electrons. The van der Waals surface area contributed by atoms with Gasteiger partial charge in [0.25, 0.3) is 10.0 Å². The molecule has 0 aliphatic heterocycles. The molecule has 2 aromatic rings. The zero-order valence-corrected chi connectivity index (χ0v) is 11.7. The lowest BCUT2D eigenvalue weighted by Gasteiger charge is -2.07. The number of benzene rings is 1. The predicted octanol–water partition coefficient (Wildman–Crippen LogP) is 1.15. The molecule has 0 radical (unpaired) electrons. The van der Waals surface area contributed by atoms with E-state index in [1.807, 2.05) is 6.92 Å². The second kappa shape index (κ2) is 4.98. The summed E-state index contributed by atoms with van der Waals surface area (Å²) < 4.78 is 26.7. The summed E-state index contributed by atoms with van der Waals surface area (Å²) in [5, 5.41) is 6.23. The Kier molecular flexibility index (Phi) is 3.54. The van der Waals surface area contributed by atoms with Crippen molar-refractivity contribution in [2.45, 2.75) is 11.8 Å². The monoisotopic (exact) mass is 296 g/mol. The van der Waals surface area contributed by atoms with E-state index in [0.717, 1.165) is 5.56 Å². The van der Waals surface area contributed by atoms with Gasteiger partial charge >= 0.3 is 0 Å². The van der Waals surface area contributed by atoms with E-state index in [-0.39, 0.29) is 15.7 Å². The fourth-order valence-corrected chi connectivity index (χ4v) is 2.65. The van der Waals surface area contributed by atoms with Gasteiger partial charge in [-0.15, -0.1) is 0 Å². The standard InChI is InChI=1S/C11H12N4O2S2/c1-7-2-4-8(5-3-7)19(16,17)15-11-9(10(12)18)6-13-14-11/h2-6H,1H3,(H2,12,18)(H2,13,14,15). The van der Waals surface area contributed by atoms with Crippen LogP contribution in [0, 0.1) is 6.92 Å². The molecule has 0 saturated carbocycles. The largest absolute Gasteiger partial charge is 0.389 e. The molecule has 0 aliphatic rings. The van der Waals surface area contributed by atoms with Crippen molar-refractivity contribution in [3.05, 3.63) is 41.6 Å². The van der Waals surface area contributed by atoms with Crippen molar-refractivity contribution >= 4 is 33.0 Å². The third kappa shape index (κ3) is 2.91. The van der Waals surface area contributed by atoms with Gasteiger partial charge in [0.15, 0.2) is 0 Å². The van der Waals surface area contributed by atoms with Gasteiger partial charge in [-0.05, 0) is 19.1 Å². The number of rotatable bonds is 4. The summed E-state index contributed by atoms with van der Waals surface area (Å²) in [7, 11) is -3.69. The molecule has 0 unspecified atom stereocenters. The lowest BCUT2D eigenvalue weighted by molar-refractivity contribution is 0.601. The maximum absolute atomic E-state index is 12.1. The number of anilines is 1. The number of thiocarbonyl (C=S) groups is 1. The first-order chi connectivity index (χ1) is 8.90. The Balaban J connectivity index is 2.34. The smallest absolute Gasteiger partial charge is 0.263 e. The van der Waals surface area contributed by atoms with Crippen molar-refractivity contribution in [3.8, 4) is 0 Å². The Hall–Kier alpha value is -1.93. The maximum Gasteiger partial charge on any atom is 0.263 e. The van der Waals surface area contributed by atoms with Crippen LogP contribution in [0.25, 0.3) is 0 Å². The van der Waals surface area contributed by atoms with Crippen molar-refractivity contribution < 1.29 is 8.42 Å². The number of nitrogens with two attached hydrogens (primary N) is 1. The minimum atomic E-state index is -3.69. The Morgan fingerprint density at radius 1 is 1.37 bits per heavy atom. The van der Waals surface area contributed by atoms with Crippen molar-refractivity contribution in [2.75, 3.05) is 4.72 Å². The van der Waals surface area contributed by atoms with Crippen LogP contribution in [0.4, 0.5) is 5.82 Å². The molecule has 4 N–H and O–H groups in total. The van der Waals surface area contributed by atoms with Gasteiger partial charge in [-0.25, -0.2) is 8.42 Å². The summed E-state index contributed by atoms with van der Waals surface area (Å²) in [5.41, 5.74) is 6.80. The number of nitrogens with one attached hydrogen (secondary N) is 2. The summed E-state index contributed by atoms with van der Waals surface area (Å²) in [6.07, 6.45) is 1.37. The molecule has 0 fully saturated rings. The summed E-state index contributed by atoms with van der Waals surface area (Å²) >= 11 is 4.81. The van der Waals surface area contributed by atoms with Crippen molar-refractivity contribution in [2.24, 2.45) is 5.73 Å². The van der Waals surface area contributed by atoms with Gasteiger partial charge in [0.2, 0.25) is 0 Å². The highest BCUT2D eigenvalue weighted by atomic mass is 32.2. The van der Waals surface area contributed by atoms with Gasteiger partial charge in [-0.3, -0.25) is 9.82 Å². The normalized spacial score (nSPS) is 11.2. The number of nitrogens with zero attached hydrogens (tertiary/aromatic N) is 1. The average molecular weight is 296 g/mol. The van der Waals surface area contributed by atoms with Gasteiger partial charge in [-0.1, -0.05) is 29.9 Å². The molecule has 8 heteroatoms. The first-order valence-corrected chi connectivity index (χ1v) is 7.22. The number of H-pyrrole nitrogens is 1. The summed E-state index contributed by atoms with van der Waals surface area (Å²) in [6, 6.07) is 6.48. The number of hydrogen-bond donors (Lipinski definition) is 3. The Bertz CT molecular complexity index is 705. The highest BCUT2D eigenvalue weighted by Crippen LogP contribution is 2.17. The lowest BCUT2D eigenvalue weighted by atomic mass is 10.2. The van der Waals surface area contributed by atoms with Crippen molar-refractivity contribution in [1.82, 2.24) is 10.2 Å². The molecule has 0 spiro atoms. The highest BCUT2D eigenvalue weighted by molar-refractivity contribution is 7.92. The lowest BCUT2D eigenvalue weighted by Crippen LogP contribution is -2.17. The fourth-order valence-electron chi connectivity index (χ4n) is 1.46. The Morgan fingerprint density at radius 3 is 2.58 bits per heavy atom. The average Bonchev–Trinajstić information content (AvgIpc) is 2.77. The molecule has 0 bridgehead atoms. The van der Waals surface area contributed by atoms with Gasteiger partial charge in [0, 0.05) is 0 Å². The molecule has 2 rings (SSSR count).